The highest BCUT2D eigenvalue weighted by Crippen LogP contribution is 2.10. The van der Waals surface area contributed by atoms with Gasteiger partial charge in [0, 0.05) is 23.5 Å². The van der Waals surface area contributed by atoms with E-state index in [4.69, 9.17) is 0 Å². The highest BCUT2D eigenvalue weighted by molar-refractivity contribution is 6.06. The third kappa shape index (κ3) is 4.90. The van der Waals surface area contributed by atoms with Crippen LogP contribution in [0.15, 0.2) is 60.7 Å². The van der Waals surface area contributed by atoms with Crippen LogP contribution in [-0.4, -0.2) is 11.8 Å². The molecule has 0 aliphatic carbocycles. The summed E-state index contributed by atoms with van der Waals surface area (Å²) < 4.78 is 0. The summed E-state index contributed by atoms with van der Waals surface area (Å²) in [6.45, 7) is 3.89. The Hall–Kier alpha value is -2.88. The molecule has 2 aromatic carbocycles. The van der Waals surface area contributed by atoms with Gasteiger partial charge in [0.2, 0.25) is 11.8 Å². The first kappa shape index (κ1) is 15.5. The molecule has 0 unspecified atom stereocenters. The van der Waals surface area contributed by atoms with Gasteiger partial charge in [-0.3, -0.25) is 9.59 Å². The summed E-state index contributed by atoms with van der Waals surface area (Å²) in [6, 6.07) is 14.9. The largest absolute Gasteiger partial charge is 0.323 e. The average molecular weight is 294 g/mol. The molecule has 2 rings (SSSR count). The molecule has 0 saturated heterocycles. The first-order valence-corrected chi connectivity index (χ1v) is 6.96. The minimum absolute atomic E-state index is 0.343. The summed E-state index contributed by atoms with van der Waals surface area (Å²) >= 11 is 0. The van der Waals surface area contributed by atoms with E-state index in [-0.39, 0.29) is 11.8 Å². The van der Waals surface area contributed by atoms with Crippen molar-refractivity contribution in [3.63, 3.8) is 0 Å². The third-order valence-electron chi connectivity index (χ3n) is 2.96. The van der Waals surface area contributed by atoms with Gasteiger partial charge in [0.25, 0.3) is 0 Å². The fourth-order valence-corrected chi connectivity index (χ4v) is 1.96. The maximum absolute atomic E-state index is 11.8. The second-order valence-corrected chi connectivity index (χ2v) is 5.05. The molecule has 2 amide bonds. The Balaban J connectivity index is 1.90. The highest BCUT2D eigenvalue weighted by atomic mass is 16.2. The minimum Gasteiger partial charge on any atom is -0.323 e. The van der Waals surface area contributed by atoms with Crippen LogP contribution in [0, 0.1) is 13.8 Å². The highest BCUT2D eigenvalue weighted by Gasteiger charge is 2.01. The van der Waals surface area contributed by atoms with Crippen molar-refractivity contribution in [3.8, 4) is 0 Å². The van der Waals surface area contributed by atoms with Gasteiger partial charge in [-0.05, 0) is 49.2 Å². The van der Waals surface area contributed by atoms with Crippen LogP contribution >= 0.6 is 0 Å². The topological polar surface area (TPSA) is 58.2 Å². The molecule has 0 fully saturated rings. The van der Waals surface area contributed by atoms with Crippen molar-refractivity contribution >= 4 is 23.2 Å². The molecule has 0 saturated carbocycles. The number of rotatable bonds is 4. The number of benzene rings is 2. The van der Waals surface area contributed by atoms with Crippen molar-refractivity contribution in [1.29, 1.82) is 0 Å². The third-order valence-corrected chi connectivity index (χ3v) is 2.96. The van der Waals surface area contributed by atoms with E-state index in [9.17, 15) is 9.59 Å². The molecular formula is C18H18N2O2. The number of amides is 2. The average Bonchev–Trinajstić information content (AvgIpc) is 2.45. The number of anilines is 2. The first-order chi connectivity index (χ1) is 10.5. The van der Waals surface area contributed by atoms with Gasteiger partial charge in [-0.15, -0.1) is 0 Å². The quantitative estimate of drug-likeness (QED) is 0.849. The Bertz CT molecular complexity index is 659. The van der Waals surface area contributed by atoms with Gasteiger partial charge < -0.3 is 10.6 Å². The fourth-order valence-electron chi connectivity index (χ4n) is 1.96. The lowest BCUT2D eigenvalue weighted by atomic mass is 10.2. The van der Waals surface area contributed by atoms with E-state index < -0.39 is 0 Å². The Labute approximate surface area is 129 Å². The molecule has 0 bridgehead atoms. The molecule has 2 N–H and O–H groups in total. The molecule has 0 aliphatic heterocycles. The van der Waals surface area contributed by atoms with Crippen molar-refractivity contribution in [2.75, 3.05) is 10.6 Å². The van der Waals surface area contributed by atoms with Gasteiger partial charge in [-0.1, -0.05) is 24.3 Å². The van der Waals surface area contributed by atoms with Crippen LogP contribution in [0.5, 0.6) is 0 Å². The lowest BCUT2D eigenvalue weighted by Gasteiger charge is -2.04. The summed E-state index contributed by atoms with van der Waals surface area (Å²) in [7, 11) is 0. The van der Waals surface area contributed by atoms with Crippen LogP contribution in [0.3, 0.4) is 0 Å². The lowest BCUT2D eigenvalue weighted by Crippen LogP contribution is -2.12. The molecule has 0 aromatic heterocycles. The van der Waals surface area contributed by atoms with Crippen molar-refractivity contribution in [2.24, 2.45) is 0 Å². The predicted octanol–water partition coefficient (Wildman–Crippen LogP) is 3.44. The van der Waals surface area contributed by atoms with Crippen LogP contribution in [0.4, 0.5) is 11.4 Å². The zero-order valence-electron chi connectivity index (χ0n) is 12.6. The monoisotopic (exact) mass is 294 g/mol. The molecule has 0 heterocycles. The zero-order valence-corrected chi connectivity index (χ0v) is 12.6. The van der Waals surface area contributed by atoms with Gasteiger partial charge in [0.15, 0.2) is 0 Å². The number of carbonyl (C=O) groups excluding carboxylic acids is 2. The second-order valence-electron chi connectivity index (χ2n) is 5.05. The normalized spacial score (nSPS) is 10.5. The van der Waals surface area contributed by atoms with Crippen LogP contribution in [0.1, 0.15) is 11.1 Å². The van der Waals surface area contributed by atoms with E-state index in [1.807, 2.05) is 50.2 Å². The molecule has 0 spiro atoms. The predicted molar refractivity (Wildman–Crippen MR) is 88.8 cm³/mol. The van der Waals surface area contributed by atoms with Gasteiger partial charge in [-0.25, -0.2) is 0 Å². The number of nitrogens with one attached hydrogen (secondary N) is 2. The molecule has 2 aromatic rings. The summed E-state index contributed by atoms with van der Waals surface area (Å²) in [5.74, 6) is -0.685. The van der Waals surface area contributed by atoms with Crippen LogP contribution < -0.4 is 10.6 Å². The number of hydrogen-bond acceptors (Lipinski definition) is 2. The van der Waals surface area contributed by atoms with E-state index in [0.29, 0.717) is 11.4 Å². The SMILES string of the molecule is Cc1cccc(NC(=O)/C=C/C(=O)Nc2cccc(C)c2)c1. The van der Waals surface area contributed by atoms with Crippen molar-refractivity contribution in [2.45, 2.75) is 13.8 Å². The van der Waals surface area contributed by atoms with Gasteiger partial charge in [0.05, 0.1) is 0 Å². The second kappa shape index (κ2) is 7.22. The van der Waals surface area contributed by atoms with Crippen LogP contribution in [-0.2, 0) is 9.59 Å². The lowest BCUT2D eigenvalue weighted by molar-refractivity contribution is -0.114. The fraction of sp³-hybridized carbons (Fsp3) is 0.111. The van der Waals surface area contributed by atoms with Crippen molar-refractivity contribution in [3.05, 3.63) is 71.8 Å². The Kier molecular flexibility index (Phi) is 5.09. The van der Waals surface area contributed by atoms with E-state index in [1.54, 1.807) is 12.1 Å². The summed E-state index contributed by atoms with van der Waals surface area (Å²) in [5.41, 5.74) is 3.51. The summed E-state index contributed by atoms with van der Waals surface area (Å²) in [5, 5.41) is 5.41. The minimum atomic E-state index is -0.343. The smallest absolute Gasteiger partial charge is 0.248 e. The molecule has 22 heavy (non-hydrogen) atoms. The maximum atomic E-state index is 11.8. The van der Waals surface area contributed by atoms with E-state index in [1.165, 1.54) is 12.2 Å². The van der Waals surface area contributed by atoms with Gasteiger partial charge in [0.1, 0.15) is 0 Å². The zero-order chi connectivity index (χ0) is 15.9. The first-order valence-electron chi connectivity index (χ1n) is 6.96. The molecule has 4 nitrogen and oxygen atoms in total. The van der Waals surface area contributed by atoms with E-state index >= 15 is 0 Å². The van der Waals surface area contributed by atoms with Crippen LogP contribution in [0.25, 0.3) is 0 Å². The Morgan fingerprint density at radius 3 is 1.55 bits per heavy atom. The maximum Gasteiger partial charge on any atom is 0.248 e. The van der Waals surface area contributed by atoms with E-state index in [0.717, 1.165) is 11.1 Å². The van der Waals surface area contributed by atoms with Crippen molar-refractivity contribution in [1.82, 2.24) is 0 Å². The number of aryl methyl sites for hydroxylation is 2. The molecule has 0 aliphatic rings. The molecule has 4 heteroatoms. The molecule has 0 radical (unpaired) electrons. The van der Waals surface area contributed by atoms with Gasteiger partial charge in [-0.2, -0.15) is 0 Å². The molecular weight excluding hydrogens is 276 g/mol. The van der Waals surface area contributed by atoms with Crippen LogP contribution in [0.2, 0.25) is 0 Å². The summed E-state index contributed by atoms with van der Waals surface area (Å²) in [6.07, 6.45) is 2.43. The Morgan fingerprint density at radius 1 is 0.773 bits per heavy atom. The van der Waals surface area contributed by atoms with Gasteiger partial charge >= 0.3 is 0 Å². The van der Waals surface area contributed by atoms with E-state index in [2.05, 4.69) is 10.6 Å². The molecule has 112 valence electrons. The number of hydrogen-bond donors (Lipinski definition) is 2. The molecule has 0 atom stereocenters. The standard InChI is InChI=1S/C18H18N2O2/c1-13-5-3-7-15(11-13)19-17(21)9-10-18(22)20-16-8-4-6-14(2)12-16/h3-12H,1-2H3,(H,19,21)(H,20,22)/b10-9+. The number of carbonyl (C=O) groups is 2. The van der Waals surface area contributed by atoms with Crippen molar-refractivity contribution < 1.29 is 9.59 Å². The Morgan fingerprint density at radius 2 is 1.18 bits per heavy atom. The summed E-state index contributed by atoms with van der Waals surface area (Å²) in [4.78, 5) is 23.5.